The third kappa shape index (κ3) is 7.06. The minimum absolute atomic E-state index is 0.0292. The lowest BCUT2D eigenvalue weighted by atomic mass is 9.70. The van der Waals surface area contributed by atoms with E-state index in [1.54, 1.807) is 0 Å². The van der Waals surface area contributed by atoms with E-state index < -0.39 is 5.97 Å². The zero-order valence-corrected chi connectivity index (χ0v) is 16.9. The number of hydrogen-bond acceptors (Lipinski definition) is 3. The van der Waals surface area contributed by atoms with Crippen LogP contribution in [0.2, 0.25) is 0 Å². The lowest BCUT2D eigenvalue weighted by molar-refractivity contribution is -0.146. The van der Waals surface area contributed by atoms with E-state index in [2.05, 4.69) is 13.5 Å². The van der Waals surface area contributed by atoms with Gasteiger partial charge in [0.05, 0.1) is 12.2 Å². The highest BCUT2D eigenvalue weighted by Crippen LogP contribution is 2.41. The van der Waals surface area contributed by atoms with Crippen molar-refractivity contribution in [2.45, 2.75) is 103 Å². The average Bonchev–Trinajstić information content (AvgIpc) is 2.68. The summed E-state index contributed by atoms with van der Waals surface area (Å²) in [5.41, 5.74) is 0.167. The molecule has 3 nitrogen and oxygen atoms in total. The van der Waals surface area contributed by atoms with Gasteiger partial charge in [0.1, 0.15) is 6.10 Å². The second-order valence-corrected chi connectivity index (χ2v) is 8.69. The van der Waals surface area contributed by atoms with Crippen molar-refractivity contribution in [3.63, 3.8) is 0 Å². The molecule has 3 heteroatoms. The number of aliphatic hydroxyl groups is 1. The molecular formula is C23H40O3. The number of rotatable bonds is 10. The van der Waals surface area contributed by atoms with Crippen LogP contribution in [0.15, 0.2) is 12.2 Å². The fraction of sp³-hybridized carbons (Fsp3) is 0.870. The van der Waals surface area contributed by atoms with E-state index in [1.165, 1.54) is 77.0 Å². The summed E-state index contributed by atoms with van der Waals surface area (Å²) in [5, 5.41) is 8.96. The molecule has 0 atom stereocenters. The molecular weight excluding hydrogens is 324 g/mol. The topological polar surface area (TPSA) is 46.5 Å². The lowest BCUT2D eigenvalue weighted by Gasteiger charge is -2.37. The molecule has 26 heavy (non-hydrogen) atoms. The first-order chi connectivity index (χ1) is 12.6. The van der Waals surface area contributed by atoms with Crippen LogP contribution >= 0.6 is 0 Å². The van der Waals surface area contributed by atoms with Gasteiger partial charge < -0.3 is 9.84 Å². The van der Waals surface area contributed by atoms with E-state index in [9.17, 15) is 4.79 Å². The third-order valence-electron chi connectivity index (χ3n) is 6.75. The normalized spacial score (nSPS) is 29.3. The molecule has 0 aromatic carbocycles. The van der Waals surface area contributed by atoms with Gasteiger partial charge in [-0.3, -0.25) is 0 Å². The Morgan fingerprint density at radius 1 is 0.923 bits per heavy atom. The van der Waals surface area contributed by atoms with Crippen molar-refractivity contribution in [2.24, 2.45) is 17.8 Å². The largest absolute Gasteiger partial charge is 0.459 e. The molecule has 0 heterocycles. The predicted molar refractivity (Wildman–Crippen MR) is 107 cm³/mol. The van der Waals surface area contributed by atoms with Crippen LogP contribution in [0.4, 0.5) is 0 Å². The standard InChI is InChI=1S/C23H40O3/c1-3-4-5-6-7-8-19-9-11-20(12-10-19)21-13-15-22(16-14-21)26-23(25)18(2)17-24/h19-22,24H,2-17H2,1H3. The molecule has 0 spiro atoms. The van der Waals surface area contributed by atoms with Crippen molar-refractivity contribution in [1.29, 1.82) is 0 Å². The minimum atomic E-state index is -0.421. The zero-order chi connectivity index (χ0) is 18.8. The zero-order valence-electron chi connectivity index (χ0n) is 16.9. The minimum Gasteiger partial charge on any atom is -0.459 e. The van der Waals surface area contributed by atoms with Gasteiger partial charge in [-0.2, -0.15) is 0 Å². The summed E-state index contributed by atoms with van der Waals surface area (Å²) in [6.07, 6.45) is 18.5. The van der Waals surface area contributed by atoms with E-state index in [4.69, 9.17) is 9.84 Å². The van der Waals surface area contributed by atoms with Crippen LogP contribution in [0, 0.1) is 17.8 Å². The molecule has 0 aromatic rings. The molecule has 2 aliphatic carbocycles. The summed E-state index contributed by atoms with van der Waals surface area (Å²) in [5.74, 6) is 2.29. The number of hydrogen-bond donors (Lipinski definition) is 1. The Morgan fingerprint density at radius 2 is 1.50 bits per heavy atom. The maximum absolute atomic E-state index is 11.7. The highest BCUT2D eigenvalue weighted by atomic mass is 16.5. The highest BCUT2D eigenvalue weighted by Gasteiger charge is 2.32. The number of unbranched alkanes of at least 4 members (excludes halogenated alkanes) is 4. The fourth-order valence-electron chi connectivity index (χ4n) is 4.96. The van der Waals surface area contributed by atoms with Gasteiger partial charge in [0.15, 0.2) is 0 Å². The van der Waals surface area contributed by atoms with Gasteiger partial charge in [-0.1, -0.05) is 64.9 Å². The monoisotopic (exact) mass is 364 g/mol. The molecule has 0 radical (unpaired) electrons. The number of ether oxygens (including phenoxy) is 1. The summed E-state index contributed by atoms with van der Waals surface area (Å²) < 4.78 is 5.47. The molecule has 1 N–H and O–H groups in total. The van der Waals surface area contributed by atoms with Gasteiger partial charge in [-0.25, -0.2) is 4.79 Å². The Morgan fingerprint density at radius 3 is 2.08 bits per heavy atom. The molecule has 0 aromatic heterocycles. The van der Waals surface area contributed by atoms with Crippen LogP contribution in [0.25, 0.3) is 0 Å². The lowest BCUT2D eigenvalue weighted by Crippen LogP contribution is -2.30. The first-order valence-electron chi connectivity index (χ1n) is 11.1. The Hall–Kier alpha value is -0.830. The summed E-state index contributed by atoms with van der Waals surface area (Å²) in [7, 11) is 0. The van der Waals surface area contributed by atoms with Crippen molar-refractivity contribution in [3.05, 3.63) is 12.2 Å². The maximum Gasteiger partial charge on any atom is 0.336 e. The smallest absolute Gasteiger partial charge is 0.336 e. The molecule has 0 amide bonds. The van der Waals surface area contributed by atoms with Gasteiger partial charge in [0, 0.05) is 0 Å². The first kappa shape index (κ1) is 21.5. The molecule has 2 aliphatic rings. The van der Waals surface area contributed by atoms with E-state index in [0.29, 0.717) is 0 Å². The van der Waals surface area contributed by atoms with Crippen molar-refractivity contribution in [2.75, 3.05) is 6.61 Å². The number of carbonyl (C=O) groups excluding carboxylic acids is 1. The molecule has 2 fully saturated rings. The molecule has 150 valence electrons. The summed E-state index contributed by atoms with van der Waals surface area (Å²) in [6, 6.07) is 0. The van der Waals surface area contributed by atoms with Crippen LogP contribution in [0.1, 0.15) is 96.8 Å². The second-order valence-electron chi connectivity index (χ2n) is 8.69. The van der Waals surface area contributed by atoms with Crippen molar-refractivity contribution in [1.82, 2.24) is 0 Å². The average molecular weight is 365 g/mol. The first-order valence-corrected chi connectivity index (χ1v) is 11.1. The number of carbonyl (C=O) groups is 1. The summed E-state index contributed by atoms with van der Waals surface area (Å²) >= 11 is 0. The SMILES string of the molecule is C=C(CO)C(=O)OC1CCC(C2CCC(CCCCCCC)CC2)CC1. The number of esters is 1. The molecule has 0 bridgehead atoms. The third-order valence-corrected chi connectivity index (χ3v) is 6.75. The molecule has 0 unspecified atom stereocenters. The Bertz CT molecular complexity index is 415. The van der Waals surface area contributed by atoms with Crippen LogP contribution in [0.3, 0.4) is 0 Å². The second kappa shape index (κ2) is 11.8. The van der Waals surface area contributed by atoms with E-state index in [-0.39, 0.29) is 18.3 Å². The summed E-state index contributed by atoms with van der Waals surface area (Å²) in [6.45, 7) is 5.52. The van der Waals surface area contributed by atoms with Crippen molar-refractivity contribution < 1.29 is 14.6 Å². The molecule has 0 saturated heterocycles. The van der Waals surface area contributed by atoms with E-state index in [1.807, 2.05) is 0 Å². The van der Waals surface area contributed by atoms with Gasteiger partial charge in [-0.05, 0) is 56.3 Å². The van der Waals surface area contributed by atoms with Crippen molar-refractivity contribution in [3.8, 4) is 0 Å². The molecule has 2 saturated carbocycles. The Balaban J connectivity index is 1.59. The Labute approximate surface area is 160 Å². The van der Waals surface area contributed by atoms with E-state index >= 15 is 0 Å². The molecule has 0 aliphatic heterocycles. The van der Waals surface area contributed by atoms with Gasteiger partial charge in [-0.15, -0.1) is 0 Å². The predicted octanol–water partition coefficient (Wildman–Crippen LogP) is 5.80. The van der Waals surface area contributed by atoms with Crippen LogP contribution in [-0.2, 0) is 9.53 Å². The van der Waals surface area contributed by atoms with Crippen LogP contribution in [-0.4, -0.2) is 23.8 Å². The summed E-state index contributed by atoms with van der Waals surface area (Å²) in [4.78, 5) is 11.7. The number of aliphatic hydroxyl groups excluding tert-OH is 1. The van der Waals surface area contributed by atoms with Gasteiger partial charge in [0.2, 0.25) is 0 Å². The van der Waals surface area contributed by atoms with E-state index in [0.717, 1.165) is 30.6 Å². The maximum atomic E-state index is 11.7. The van der Waals surface area contributed by atoms with Crippen molar-refractivity contribution >= 4 is 5.97 Å². The van der Waals surface area contributed by atoms with Gasteiger partial charge in [0.25, 0.3) is 0 Å². The van der Waals surface area contributed by atoms with Crippen LogP contribution < -0.4 is 0 Å². The fourth-order valence-corrected chi connectivity index (χ4v) is 4.96. The quantitative estimate of drug-likeness (QED) is 0.302. The molecule has 2 rings (SSSR count). The van der Waals surface area contributed by atoms with Gasteiger partial charge >= 0.3 is 5.97 Å². The highest BCUT2D eigenvalue weighted by molar-refractivity contribution is 5.88. The van der Waals surface area contributed by atoms with Crippen LogP contribution in [0.5, 0.6) is 0 Å². The Kier molecular flexibility index (Phi) is 9.74.